The van der Waals surface area contributed by atoms with Gasteiger partial charge in [0.25, 0.3) is 0 Å². The monoisotopic (exact) mass is 432 g/mol. The summed E-state index contributed by atoms with van der Waals surface area (Å²) in [6.45, 7) is 5.41. The van der Waals surface area contributed by atoms with Gasteiger partial charge in [-0.1, -0.05) is 24.3 Å². The summed E-state index contributed by atoms with van der Waals surface area (Å²) < 4.78 is 32.6. The van der Waals surface area contributed by atoms with E-state index in [1.807, 2.05) is 12.1 Å². The first kappa shape index (κ1) is 23.2. The molecule has 168 valence electrons. The molecule has 0 saturated carbocycles. The van der Waals surface area contributed by atoms with Crippen molar-refractivity contribution in [3.05, 3.63) is 70.8 Å². The van der Waals surface area contributed by atoms with E-state index in [0.717, 1.165) is 18.9 Å². The fraction of sp³-hybridized carbons (Fsp3) is 0.458. The van der Waals surface area contributed by atoms with Gasteiger partial charge in [0, 0.05) is 18.7 Å². The van der Waals surface area contributed by atoms with Crippen molar-refractivity contribution in [3.8, 4) is 0 Å². The molecule has 1 unspecified atom stereocenters. The Hall–Kier alpha value is -2.51. The summed E-state index contributed by atoms with van der Waals surface area (Å²) in [4.78, 5) is 12.3. The number of hydrogen-bond acceptors (Lipinski definition) is 4. The Labute approximate surface area is 181 Å². The van der Waals surface area contributed by atoms with E-state index in [2.05, 4.69) is 22.8 Å². The van der Waals surface area contributed by atoms with Gasteiger partial charge < -0.3 is 20.5 Å². The summed E-state index contributed by atoms with van der Waals surface area (Å²) in [6.07, 6.45) is 0.251. The number of benzene rings is 2. The molecule has 7 heteroatoms. The lowest BCUT2D eigenvalue weighted by Crippen LogP contribution is -2.50. The van der Waals surface area contributed by atoms with E-state index in [1.165, 1.54) is 23.3 Å². The van der Waals surface area contributed by atoms with Crippen molar-refractivity contribution in [1.29, 1.82) is 0 Å². The normalized spacial score (nSPS) is 17.7. The molecule has 3 N–H and O–H groups in total. The van der Waals surface area contributed by atoms with E-state index in [4.69, 9.17) is 4.74 Å². The number of hydrogen-bond donors (Lipinski definition) is 3. The molecule has 31 heavy (non-hydrogen) atoms. The number of aryl methyl sites for hydroxylation is 1. The van der Waals surface area contributed by atoms with Crippen LogP contribution in [0.3, 0.4) is 0 Å². The van der Waals surface area contributed by atoms with E-state index in [1.54, 1.807) is 20.8 Å². The molecule has 0 bridgehead atoms. The summed E-state index contributed by atoms with van der Waals surface area (Å²) in [7, 11) is 0. The van der Waals surface area contributed by atoms with Crippen molar-refractivity contribution in [2.24, 2.45) is 0 Å². The van der Waals surface area contributed by atoms with E-state index in [9.17, 15) is 18.7 Å². The first-order valence-electron chi connectivity index (χ1n) is 10.5. The third-order valence-corrected chi connectivity index (χ3v) is 5.25. The number of rotatable bonds is 7. The average Bonchev–Trinajstić information content (AvgIpc) is 3.06. The molecule has 1 amide bonds. The van der Waals surface area contributed by atoms with Gasteiger partial charge in [0.1, 0.15) is 17.2 Å². The summed E-state index contributed by atoms with van der Waals surface area (Å²) in [5.41, 5.74) is 2.12. The van der Waals surface area contributed by atoms with Crippen molar-refractivity contribution < 1.29 is 23.4 Å². The zero-order chi connectivity index (χ0) is 22.6. The first-order chi connectivity index (χ1) is 14.6. The average molecular weight is 433 g/mol. The molecule has 0 fully saturated rings. The van der Waals surface area contributed by atoms with Gasteiger partial charge in [0.15, 0.2) is 0 Å². The Morgan fingerprint density at radius 3 is 2.55 bits per heavy atom. The molecule has 5 nitrogen and oxygen atoms in total. The molecule has 0 heterocycles. The van der Waals surface area contributed by atoms with Crippen molar-refractivity contribution in [1.82, 2.24) is 10.6 Å². The topological polar surface area (TPSA) is 70.6 Å². The molecule has 1 aliphatic carbocycles. The fourth-order valence-electron chi connectivity index (χ4n) is 3.90. The van der Waals surface area contributed by atoms with Crippen LogP contribution < -0.4 is 10.6 Å². The Balaban J connectivity index is 1.69. The number of nitrogens with one attached hydrogen (secondary N) is 2. The number of halogens is 2. The number of fused-ring (bicyclic) bond motifs is 1. The van der Waals surface area contributed by atoms with Crippen LogP contribution in [0, 0.1) is 11.6 Å². The number of carbonyl (C=O) groups excluding carboxylic acids is 1. The zero-order valence-electron chi connectivity index (χ0n) is 18.1. The lowest BCUT2D eigenvalue weighted by atomic mass is 10.00. The maximum Gasteiger partial charge on any atom is 0.407 e. The van der Waals surface area contributed by atoms with Crippen LogP contribution >= 0.6 is 0 Å². The van der Waals surface area contributed by atoms with Gasteiger partial charge in [-0.25, -0.2) is 13.6 Å². The maximum atomic E-state index is 13.6. The minimum Gasteiger partial charge on any atom is -0.444 e. The van der Waals surface area contributed by atoms with Gasteiger partial charge >= 0.3 is 6.09 Å². The van der Waals surface area contributed by atoms with Crippen LogP contribution in [-0.2, 0) is 17.6 Å². The number of amides is 1. The lowest BCUT2D eigenvalue weighted by Gasteiger charge is -2.28. The van der Waals surface area contributed by atoms with Crippen LogP contribution in [0.1, 0.15) is 49.9 Å². The minimum atomic E-state index is -0.994. The van der Waals surface area contributed by atoms with Gasteiger partial charge in [-0.05, 0) is 68.9 Å². The molecule has 2 aromatic rings. The van der Waals surface area contributed by atoms with Gasteiger partial charge in [-0.2, -0.15) is 0 Å². The highest BCUT2D eigenvalue weighted by Crippen LogP contribution is 2.30. The van der Waals surface area contributed by atoms with Gasteiger partial charge in [-0.15, -0.1) is 0 Å². The maximum absolute atomic E-state index is 13.6. The van der Waals surface area contributed by atoms with Crippen molar-refractivity contribution >= 4 is 6.09 Å². The Morgan fingerprint density at radius 1 is 1.19 bits per heavy atom. The highest BCUT2D eigenvalue weighted by molar-refractivity contribution is 5.68. The SMILES string of the molecule is CC(C)(C)OC(=O)N[C@@H](Cc1cc(F)cc(F)c1)[C@H](O)CNC1CCc2ccccc21. The van der Waals surface area contributed by atoms with E-state index in [0.29, 0.717) is 5.56 Å². The summed E-state index contributed by atoms with van der Waals surface area (Å²) in [6, 6.07) is 10.7. The molecule has 0 saturated heterocycles. The fourth-order valence-corrected chi connectivity index (χ4v) is 3.90. The Morgan fingerprint density at radius 2 is 1.87 bits per heavy atom. The van der Waals surface area contributed by atoms with Crippen molar-refractivity contribution in [2.75, 3.05) is 6.54 Å². The molecule has 0 radical (unpaired) electrons. The predicted molar refractivity (Wildman–Crippen MR) is 115 cm³/mol. The second kappa shape index (κ2) is 9.75. The van der Waals surface area contributed by atoms with Crippen LogP contribution in [0.2, 0.25) is 0 Å². The summed E-state index contributed by atoms with van der Waals surface area (Å²) in [5, 5.41) is 16.9. The molecule has 1 aliphatic rings. The molecule has 3 atom stereocenters. The van der Waals surface area contributed by atoms with Crippen LogP contribution in [0.25, 0.3) is 0 Å². The largest absolute Gasteiger partial charge is 0.444 e. The van der Waals surface area contributed by atoms with Gasteiger partial charge in [0.2, 0.25) is 0 Å². The number of ether oxygens (including phenoxy) is 1. The molecule has 0 aliphatic heterocycles. The summed E-state index contributed by atoms with van der Waals surface area (Å²) in [5.74, 6) is -1.41. The second-order valence-electron chi connectivity index (χ2n) is 9.00. The molecule has 0 spiro atoms. The van der Waals surface area contributed by atoms with Gasteiger partial charge in [-0.3, -0.25) is 0 Å². The smallest absolute Gasteiger partial charge is 0.407 e. The number of aliphatic hydroxyl groups excluding tert-OH is 1. The zero-order valence-corrected chi connectivity index (χ0v) is 18.1. The van der Waals surface area contributed by atoms with Crippen LogP contribution in [0.4, 0.5) is 13.6 Å². The third kappa shape index (κ3) is 6.74. The Kier molecular flexibility index (Phi) is 7.28. The van der Waals surface area contributed by atoms with E-state index < -0.39 is 35.5 Å². The van der Waals surface area contributed by atoms with E-state index in [-0.39, 0.29) is 19.0 Å². The highest BCUT2D eigenvalue weighted by Gasteiger charge is 2.27. The quantitative estimate of drug-likeness (QED) is 0.618. The van der Waals surface area contributed by atoms with Crippen LogP contribution in [-0.4, -0.2) is 35.5 Å². The first-order valence-corrected chi connectivity index (χ1v) is 10.5. The molecule has 2 aromatic carbocycles. The number of aliphatic hydroxyl groups is 1. The molecular weight excluding hydrogens is 402 g/mol. The molecular formula is C24H30F2N2O3. The number of alkyl carbamates (subject to hydrolysis) is 1. The number of carbonyl (C=O) groups is 1. The van der Waals surface area contributed by atoms with Crippen LogP contribution in [0.5, 0.6) is 0 Å². The lowest BCUT2D eigenvalue weighted by molar-refractivity contribution is 0.0420. The Bertz CT molecular complexity index is 894. The summed E-state index contributed by atoms with van der Waals surface area (Å²) >= 11 is 0. The second-order valence-corrected chi connectivity index (χ2v) is 9.00. The highest BCUT2D eigenvalue weighted by atomic mass is 19.1. The third-order valence-electron chi connectivity index (χ3n) is 5.25. The van der Waals surface area contributed by atoms with Crippen molar-refractivity contribution in [2.45, 2.75) is 63.8 Å². The predicted octanol–water partition coefficient (Wildman–Crippen LogP) is 4.04. The minimum absolute atomic E-state index is 0.0536. The molecule has 3 rings (SSSR count). The van der Waals surface area contributed by atoms with E-state index >= 15 is 0 Å². The standard InChI is InChI=1S/C24H30F2N2O3/c1-24(2,3)31-23(30)28-21(12-15-10-17(25)13-18(26)11-15)22(29)14-27-20-9-8-16-6-4-5-7-19(16)20/h4-7,10-11,13,20-22,27,29H,8-9,12,14H2,1-3H3,(H,28,30)/t20?,21-,22+/m0/s1. The van der Waals surface area contributed by atoms with Crippen molar-refractivity contribution in [3.63, 3.8) is 0 Å². The van der Waals surface area contributed by atoms with Gasteiger partial charge in [0.05, 0.1) is 12.1 Å². The molecule has 0 aromatic heterocycles. The van der Waals surface area contributed by atoms with Crippen LogP contribution in [0.15, 0.2) is 42.5 Å².